The molecule has 0 aliphatic carbocycles. The van der Waals surface area contributed by atoms with E-state index in [4.69, 9.17) is 17.3 Å². The lowest BCUT2D eigenvalue weighted by Gasteiger charge is -2.07. The molecule has 0 bridgehead atoms. The molecule has 0 atom stereocenters. The maximum absolute atomic E-state index is 11.8. The van der Waals surface area contributed by atoms with Crippen molar-refractivity contribution in [3.05, 3.63) is 59.1 Å². The molecule has 1 amide bonds. The van der Waals surface area contributed by atoms with E-state index in [1.165, 1.54) is 11.8 Å². The number of benzene rings is 2. The lowest BCUT2D eigenvalue weighted by atomic mass is 10.2. The SMILES string of the molecule is Nc1ccc(Cl)cc1SCC(=O)NCc1ccccc1. The molecule has 5 heteroatoms. The number of carbonyl (C=O) groups is 1. The molecular weight excluding hydrogens is 292 g/mol. The number of hydrogen-bond acceptors (Lipinski definition) is 3. The first-order chi connectivity index (χ1) is 9.65. The second kappa shape index (κ2) is 7.22. The van der Waals surface area contributed by atoms with Gasteiger partial charge in [-0.3, -0.25) is 4.79 Å². The van der Waals surface area contributed by atoms with Crippen LogP contribution in [0.3, 0.4) is 0 Å². The molecule has 0 heterocycles. The Morgan fingerprint density at radius 2 is 1.95 bits per heavy atom. The van der Waals surface area contributed by atoms with Gasteiger partial charge in [0.25, 0.3) is 0 Å². The van der Waals surface area contributed by atoms with E-state index in [2.05, 4.69) is 5.32 Å². The van der Waals surface area contributed by atoms with E-state index in [0.717, 1.165) is 10.5 Å². The van der Waals surface area contributed by atoms with Gasteiger partial charge >= 0.3 is 0 Å². The molecule has 0 unspecified atom stereocenters. The van der Waals surface area contributed by atoms with Crippen molar-refractivity contribution in [2.24, 2.45) is 0 Å². The zero-order valence-corrected chi connectivity index (χ0v) is 12.4. The van der Waals surface area contributed by atoms with Gasteiger partial charge in [0.05, 0.1) is 5.75 Å². The molecule has 104 valence electrons. The first kappa shape index (κ1) is 14.8. The van der Waals surface area contributed by atoms with Gasteiger partial charge in [-0.05, 0) is 23.8 Å². The molecule has 0 saturated carbocycles. The summed E-state index contributed by atoms with van der Waals surface area (Å²) < 4.78 is 0. The summed E-state index contributed by atoms with van der Waals surface area (Å²) in [4.78, 5) is 12.6. The molecule has 0 fully saturated rings. The third kappa shape index (κ3) is 4.47. The fourth-order valence-electron chi connectivity index (χ4n) is 1.62. The number of nitrogens with two attached hydrogens (primary N) is 1. The second-order valence-electron chi connectivity index (χ2n) is 4.23. The molecule has 0 radical (unpaired) electrons. The van der Waals surface area contributed by atoms with Crippen molar-refractivity contribution >= 4 is 35.0 Å². The molecule has 0 aliphatic heterocycles. The van der Waals surface area contributed by atoms with E-state index >= 15 is 0 Å². The summed E-state index contributed by atoms with van der Waals surface area (Å²) in [6.07, 6.45) is 0. The largest absolute Gasteiger partial charge is 0.398 e. The molecule has 3 nitrogen and oxygen atoms in total. The fraction of sp³-hybridized carbons (Fsp3) is 0.133. The van der Waals surface area contributed by atoms with Crippen molar-refractivity contribution in [3.8, 4) is 0 Å². The summed E-state index contributed by atoms with van der Waals surface area (Å²) in [6, 6.07) is 15.0. The molecular formula is C15H15ClN2OS. The minimum Gasteiger partial charge on any atom is -0.398 e. The van der Waals surface area contributed by atoms with Gasteiger partial charge in [-0.1, -0.05) is 41.9 Å². The average molecular weight is 307 g/mol. The molecule has 3 N–H and O–H groups in total. The number of nitrogens with one attached hydrogen (secondary N) is 1. The number of nitrogen functional groups attached to an aromatic ring is 1. The minimum atomic E-state index is -0.0294. The third-order valence-electron chi connectivity index (χ3n) is 2.67. The molecule has 0 spiro atoms. The zero-order valence-electron chi connectivity index (χ0n) is 10.8. The Balaban J connectivity index is 1.82. The van der Waals surface area contributed by atoms with Crippen LogP contribution in [0.1, 0.15) is 5.56 Å². The van der Waals surface area contributed by atoms with Crippen LogP contribution in [-0.4, -0.2) is 11.7 Å². The molecule has 0 saturated heterocycles. The molecule has 2 rings (SSSR count). The van der Waals surface area contributed by atoms with Crippen LogP contribution in [0.5, 0.6) is 0 Å². The van der Waals surface area contributed by atoms with Gasteiger partial charge in [-0.25, -0.2) is 0 Å². The monoisotopic (exact) mass is 306 g/mol. The summed E-state index contributed by atoms with van der Waals surface area (Å²) in [7, 11) is 0. The highest BCUT2D eigenvalue weighted by molar-refractivity contribution is 8.00. The molecule has 20 heavy (non-hydrogen) atoms. The molecule has 0 aliphatic rings. The van der Waals surface area contributed by atoms with E-state index in [1.54, 1.807) is 18.2 Å². The van der Waals surface area contributed by atoms with Crippen molar-refractivity contribution in [1.82, 2.24) is 5.32 Å². The average Bonchev–Trinajstić information content (AvgIpc) is 2.47. The number of carbonyl (C=O) groups excluding carboxylic acids is 1. The van der Waals surface area contributed by atoms with Crippen LogP contribution in [0.4, 0.5) is 5.69 Å². The van der Waals surface area contributed by atoms with Crippen molar-refractivity contribution in [3.63, 3.8) is 0 Å². The van der Waals surface area contributed by atoms with E-state index < -0.39 is 0 Å². The number of amides is 1. The van der Waals surface area contributed by atoms with Crippen LogP contribution >= 0.6 is 23.4 Å². The van der Waals surface area contributed by atoms with Gasteiger partial charge in [0.2, 0.25) is 5.91 Å². The van der Waals surface area contributed by atoms with Crippen molar-refractivity contribution in [2.45, 2.75) is 11.4 Å². The highest BCUT2D eigenvalue weighted by Crippen LogP contribution is 2.27. The van der Waals surface area contributed by atoms with Gasteiger partial charge in [0.15, 0.2) is 0 Å². The first-order valence-corrected chi connectivity index (χ1v) is 7.50. The van der Waals surface area contributed by atoms with Crippen LogP contribution in [-0.2, 0) is 11.3 Å². The Labute approximate surface area is 127 Å². The van der Waals surface area contributed by atoms with Crippen LogP contribution < -0.4 is 11.1 Å². The van der Waals surface area contributed by atoms with E-state index in [9.17, 15) is 4.79 Å². The predicted molar refractivity (Wildman–Crippen MR) is 84.9 cm³/mol. The number of anilines is 1. The van der Waals surface area contributed by atoms with Crippen molar-refractivity contribution < 1.29 is 4.79 Å². The Bertz CT molecular complexity index is 590. The lowest BCUT2D eigenvalue weighted by molar-refractivity contribution is -0.118. The molecule has 0 aromatic heterocycles. The maximum atomic E-state index is 11.8. The van der Waals surface area contributed by atoms with E-state index in [1.807, 2.05) is 30.3 Å². The highest BCUT2D eigenvalue weighted by atomic mass is 35.5. The Kier molecular flexibility index (Phi) is 5.32. The standard InChI is InChI=1S/C15H15ClN2OS/c16-12-6-7-13(17)14(8-12)20-10-15(19)18-9-11-4-2-1-3-5-11/h1-8H,9-10,17H2,(H,18,19). The number of thioether (sulfide) groups is 1. The third-order valence-corrected chi connectivity index (χ3v) is 3.97. The van der Waals surface area contributed by atoms with Gasteiger partial charge in [0, 0.05) is 22.2 Å². The minimum absolute atomic E-state index is 0.0294. The van der Waals surface area contributed by atoms with E-state index in [-0.39, 0.29) is 5.91 Å². The first-order valence-electron chi connectivity index (χ1n) is 6.13. The normalized spacial score (nSPS) is 10.2. The summed E-state index contributed by atoms with van der Waals surface area (Å²) in [6.45, 7) is 0.533. The Morgan fingerprint density at radius 1 is 1.20 bits per heavy atom. The molecule has 2 aromatic carbocycles. The maximum Gasteiger partial charge on any atom is 0.230 e. The number of hydrogen-bond donors (Lipinski definition) is 2. The number of halogens is 1. The molecule has 2 aromatic rings. The van der Waals surface area contributed by atoms with Crippen molar-refractivity contribution in [1.29, 1.82) is 0 Å². The summed E-state index contributed by atoms with van der Waals surface area (Å²) >= 11 is 7.29. The van der Waals surface area contributed by atoms with Gasteiger partial charge in [0.1, 0.15) is 0 Å². The van der Waals surface area contributed by atoms with Crippen LogP contribution in [0, 0.1) is 0 Å². The Morgan fingerprint density at radius 3 is 2.70 bits per heavy atom. The number of rotatable bonds is 5. The summed E-state index contributed by atoms with van der Waals surface area (Å²) in [5.41, 5.74) is 7.54. The Hall–Kier alpha value is -1.65. The summed E-state index contributed by atoms with van der Waals surface area (Å²) in [5.74, 6) is 0.287. The van der Waals surface area contributed by atoms with Crippen molar-refractivity contribution in [2.75, 3.05) is 11.5 Å². The fourth-order valence-corrected chi connectivity index (χ4v) is 2.69. The van der Waals surface area contributed by atoms with Gasteiger partial charge in [-0.2, -0.15) is 0 Å². The summed E-state index contributed by atoms with van der Waals surface area (Å²) in [5, 5.41) is 3.49. The highest BCUT2D eigenvalue weighted by Gasteiger charge is 2.06. The van der Waals surface area contributed by atoms with Crippen LogP contribution in [0.15, 0.2) is 53.4 Å². The topological polar surface area (TPSA) is 55.1 Å². The zero-order chi connectivity index (χ0) is 14.4. The van der Waals surface area contributed by atoms with Gasteiger partial charge < -0.3 is 11.1 Å². The second-order valence-corrected chi connectivity index (χ2v) is 5.69. The predicted octanol–water partition coefficient (Wildman–Crippen LogP) is 3.33. The smallest absolute Gasteiger partial charge is 0.230 e. The quantitative estimate of drug-likeness (QED) is 0.658. The van der Waals surface area contributed by atoms with Gasteiger partial charge in [-0.15, -0.1) is 11.8 Å². The van der Waals surface area contributed by atoms with E-state index in [0.29, 0.717) is 23.0 Å². The lowest BCUT2D eigenvalue weighted by Crippen LogP contribution is -2.24. The van der Waals surface area contributed by atoms with Crippen LogP contribution in [0.25, 0.3) is 0 Å². The van der Waals surface area contributed by atoms with Crippen LogP contribution in [0.2, 0.25) is 5.02 Å².